The highest BCUT2D eigenvalue weighted by atomic mass is 19.1. The van der Waals surface area contributed by atoms with E-state index in [4.69, 9.17) is 9.47 Å². The van der Waals surface area contributed by atoms with Gasteiger partial charge in [0.25, 0.3) is 0 Å². The van der Waals surface area contributed by atoms with E-state index in [9.17, 15) is 9.50 Å². The van der Waals surface area contributed by atoms with E-state index in [0.717, 1.165) is 22.6 Å². The number of rotatable bonds is 7. The molecule has 0 amide bonds. The summed E-state index contributed by atoms with van der Waals surface area (Å²) in [5.74, 6) is 1.75. The molecule has 2 aromatic rings. The zero-order chi connectivity index (χ0) is 19.8. The lowest BCUT2D eigenvalue weighted by molar-refractivity contribution is 0.275. The number of hydrogen-bond donors (Lipinski definition) is 2. The van der Waals surface area contributed by atoms with Gasteiger partial charge in [0.05, 0.1) is 20.8 Å². The zero-order valence-corrected chi connectivity index (χ0v) is 16.1. The number of guanidine groups is 1. The van der Waals surface area contributed by atoms with Gasteiger partial charge in [0.15, 0.2) is 5.96 Å². The molecule has 0 saturated carbocycles. The third kappa shape index (κ3) is 5.34. The lowest BCUT2D eigenvalue weighted by atomic mass is 10.1. The maximum atomic E-state index is 13.5. The fourth-order valence-electron chi connectivity index (χ4n) is 2.74. The molecular weight excluding hydrogens is 349 g/mol. The smallest absolute Gasteiger partial charge is 0.193 e. The Morgan fingerprint density at radius 2 is 1.93 bits per heavy atom. The molecule has 2 N–H and O–H groups in total. The predicted octanol–water partition coefficient (Wildman–Crippen LogP) is 2.54. The van der Waals surface area contributed by atoms with Crippen LogP contribution in [0, 0.1) is 5.82 Å². The van der Waals surface area contributed by atoms with Crippen molar-refractivity contribution in [3.63, 3.8) is 0 Å². The fourth-order valence-corrected chi connectivity index (χ4v) is 2.74. The molecule has 0 aliphatic rings. The van der Waals surface area contributed by atoms with Gasteiger partial charge in [0.1, 0.15) is 17.3 Å². The molecule has 0 heterocycles. The second-order valence-electron chi connectivity index (χ2n) is 6.02. The van der Waals surface area contributed by atoms with Crippen LogP contribution >= 0.6 is 0 Å². The van der Waals surface area contributed by atoms with Gasteiger partial charge in [-0.25, -0.2) is 4.39 Å². The van der Waals surface area contributed by atoms with Gasteiger partial charge in [0, 0.05) is 44.4 Å². The maximum Gasteiger partial charge on any atom is 0.193 e. The molecule has 2 aromatic carbocycles. The number of nitrogens with zero attached hydrogens (tertiary/aromatic N) is 2. The van der Waals surface area contributed by atoms with Crippen LogP contribution < -0.4 is 14.8 Å². The molecule has 0 spiro atoms. The Balaban J connectivity index is 2.05. The molecule has 7 heteroatoms. The standard InChI is InChI=1S/C20H26FN3O3/c1-22-20(23-11-14-5-8-18(21)16(9-14)13-25)24(2)12-15-6-7-17(26-3)10-19(15)27-4/h5-10,25H,11-13H2,1-4H3,(H,22,23). The Hall–Kier alpha value is -2.80. The molecule has 0 radical (unpaired) electrons. The molecular formula is C20H26FN3O3. The van der Waals surface area contributed by atoms with E-state index in [2.05, 4.69) is 10.3 Å². The average Bonchev–Trinajstić information content (AvgIpc) is 2.69. The Morgan fingerprint density at radius 3 is 2.56 bits per heavy atom. The van der Waals surface area contributed by atoms with E-state index in [0.29, 0.717) is 19.0 Å². The molecule has 0 aliphatic carbocycles. The molecule has 27 heavy (non-hydrogen) atoms. The molecule has 0 bridgehead atoms. The van der Waals surface area contributed by atoms with Crippen molar-refractivity contribution in [2.45, 2.75) is 19.7 Å². The van der Waals surface area contributed by atoms with Crippen LogP contribution in [-0.2, 0) is 19.7 Å². The summed E-state index contributed by atoms with van der Waals surface area (Å²) in [7, 11) is 6.86. The Kier molecular flexibility index (Phi) is 7.43. The lowest BCUT2D eigenvalue weighted by Crippen LogP contribution is -2.38. The minimum absolute atomic E-state index is 0.278. The number of aliphatic hydroxyl groups is 1. The molecule has 6 nitrogen and oxygen atoms in total. The topological polar surface area (TPSA) is 66.3 Å². The van der Waals surface area contributed by atoms with E-state index in [1.807, 2.05) is 30.1 Å². The van der Waals surface area contributed by atoms with E-state index >= 15 is 0 Å². The van der Waals surface area contributed by atoms with Crippen molar-refractivity contribution in [1.82, 2.24) is 10.2 Å². The third-order valence-electron chi connectivity index (χ3n) is 4.21. The molecule has 0 saturated heterocycles. The number of nitrogens with one attached hydrogen (secondary N) is 1. The maximum absolute atomic E-state index is 13.5. The van der Waals surface area contributed by atoms with Crippen LogP contribution in [0.5, 0.6) is 11.5 Å². The van der Waals surface area contributed by atoms with Crippen molar-refractivity contribution in [3.8, 4) is 11.5 Å². The van der Waals surface area contributed by atoms with E-state index in [1.165, 1.54) is 6.07 Å². The number of hydrogen-bond acceptors (Lipinski definition) is 4. The minimum atomic E-state index is -0.408. The van der Waals surface area contributed by atoms with Gasteiger partial charge < -0.3 is 24.8 Å². The normalized spacial score (nSPS) is 11.3. The third-order valence-corrected chi connectivity index (χ3v) is 4.21. The van der Waals surface area contributed by atoms with E-state index in [-0.39, 0.29) is 12.2 Å². The second kappa shape index (κ2) is 9.78. The molecule has 0 aromatic heterocycles. The van der Waals surface area contributed by atoms with Gasteiger partial charge in [-0.05, 0) is 29.8 Å². The number of ether oxygens (including phenoxy) is 2. The average molecular weight is 375 g/mol. The number of methoxy groups -OCH3 is 2. The first kappa shape index (κ1) is 20.5. The summed E-state index contributed by atoms with van der Waals surface area (Å²) in [6.45, 7) is 0.716. The van der Waals surface area contributed by atoms with Gasteiger partial charge in [-0.1, -0.05) is 6.07 Å². The Labute approximate surface area is 159 Å². The molecule has 2 rings (SSSR count). The molecule has 0 atom stereocenters. The first-order valence-electron chi connectivity index (χ1n) is 8.53. The van der Waals surface area contributed by atoms with E-state index < -0.39 is 5.82 Å². The summed E-state index contributed by atoms with van der Waals surface area (Å²) >= 11 is 0. The predicted molar refractivity (Wildman–Crippen MR) is 104 cm³/mol. The van der Waals surface area contributed by atoms with Crippen LogP contribution in [-0.4, -0.2) is 44.3 Å². The SMILES string of the molecule is CN=C(NCc1ccc(F)c(CO)c1)N(C)Cc1ccc(OC)cc1OC. The van der Waals surface area contributed by atoms with Gasteiger partial charge in [-0.15, -0.1) is 0 Å². The summed E-state index contributed by atoms with van der Waals surface area (Å²) in [5.41, 5.74) is 2.13. The van der Waals surface area contributed by atoms with Crippen molar-refractivity contribution >= 4 is 5.96 Å². The van der Waals surface area contributed by atoms with Crippen LogP contribution in [0.2, 0.25) is 0 Å². The number of aliphatic hydroxyl groups excluding tert-OH is 1. The Bertz CT molecular complexity index is 796. The summed E-state index contributed by atoms with van der Waals surface area (Å²) in [6.07, 6.45) is 0. The van der Waals surface area contributed by atoms with Gasteiger partial charge in [-0.3, -0.25) is 4.99 Å². The quantitative estimate of drug-likeness (QED) is 0.575. The first-order valence-corrected chi connectivity index (χ1v) is 8.53. The van der Waals surface area contributed by atoms with Crippen LogP contribution in [0.3, 0.4) is 0 Å². The first-order chi connectivity index (χ1) is 13.0. The van der Waals surface area contributed by atoms with Crippen molar-refractivity contribution in [2.24, 2.45) is 4.99 Å². The highest BCUT2D eigenvalue weighted by Gasteiger charge is 2.12. The monoisotopic (exact) mass is 375 g/mol. The van der Waals surface area contributed by atoms with Crippen molar-refractivity contribution in [2.75, 3.05) is 28.3 Å². The van der Waals surface area contributed by atoms with Crippen molar-refractivity contribution in [1.29, 1.82) is 0 Å². The molecule has 146 valence electrons. The largest absolute Gasteiger partial charge is 0.497 e. The summed E-state index contributed by atoms with van der Waals surface area (Å²) in [5, 5.41) is 12.4. The van der Waals surface area contributed by atoms with Crippen LogP contribution in [0.4, 0.5) is 4.39 Å². The molecule has 0 unspecified atom stereocenters. The number of halogens is 1. The summed E-state index contributed by atoms with van der Waals surface area (Å²) in [6, 6.07) is 10.4. The van der Waals surface area contributed by atoms with Crippen LogP contribution in [0.1, 0.15) is 16.7 Å². The van der Waals surface area contributed by atoms with Crippen LogP contribution in [0.25, 0.3) is 0 Å². The zero-order valence-electron chi connectivity index (χ0n) is 16.1. The van der Waals surface area contributed by atoms with Crippen molar-refractivity contribution in [3.05, 3.63) is 58.9 Å². The lowest BCUT2D eigenvalue weighted by Gasteiger charge is -2.23. The highest BCUT2D eigenvalue weighted by molar-refractivity contribution is 5.79. The van der Waals surface area contributed by atoms with Gasteiger partial charge >= 0.3 is 0 Å². The van der Waals surface area contributed by atoms with Crippen molar-refractivity contribution < 1.29 is 19.0 Å². The second-order valence-corrected chi connectivity index (χ2v) is 6.02. The summed E-state index contributed by atoms with van der Waals surface area (Å²) in [4.78, 5) is 6.25. The Morgan fingerprint density at radius 1 is 1.15 bits per heavy atom. The fraction of sp³-hybridized carbons (Fsp3) is 0.350. The number of benzene rings is 2. The molecule has 0 aliphatic heterocycles. The summed E-state index contributed by atoms with van der Waals surface area (Å²) < 4.78 is 24.2. The highest BCUT2D eigenvalue weighted by Crippen LogP contribution is 2.25. The van der Waals surface area contributed by atoms with Gasteiger partial charge in [-0.2, -0.15) is 0 Å². The number of aliphatic imine (C=N–C) groups is 1. The van der Waals surface area contributed by atoms with Crippen LogP contribution in [0.15, 0.2) is 41.4 Å². The minimum Gasteiger partial charge on any atom is -0.497 e. The van der Waals surface area contributed by atoms with E-state index in [1.54, 1.807) is 33.4 Å². The van der Waals surface area contributed by atoms with Gasteiger partial charge in [0.2, 0.25) is 0 Å². The molecule has 0 fully saturated rings.